The highest BCUT2D eigenvalue weighted by Gasteiger charge is 2.43. The molecule has 23 heavy (non-hydrogen) atoms. The standard InChI is InChI=1S/C17H17ClF2N2O/c18-17(20)13(11-5-2-1-3-6-11)7-4-8-15(17)22-16(23)14-9-12(19)10-21-14/h1-8,12,14-15,21H,9-10H2,(H,22,23)/t12-,14+,15?,17?/m1/s1. The fraction of sp³-hybridized carbons (Fsp3) is 0.353. The third-order valence-electron chi connectivity index (χ3n) is 4.09. The second kappa shape index (κ2) is 6.42. The van der Waals surface area contributed by atoms with Crippen molar-refractivity contribution in [3.8, 4) is 0 Å². The van der Waals surface area contributed by atoms with Gasteiger partial charge in [-0.3, -0.25) is 4.79 Å². The van der Waals surface area contributed by atoms with E-state index in [0.717, 1.165) is 0 Å². The van der Waals surface area contributed by atoms with Crippen molar-refractivity contribution < 1.29 is 13.6 Å². The summed E-state index contributed by atoms with van der Waals surface area (Å²) in [6, 6.07) is 7.25. The van der Waals surface area contributed by atoms with Crippen molar-refractivity contribution in [2.75, 3.05) is 6.54 Å². The first-order chi connectivity index (χ1) is 11.0. The third kappa shape index (κ3) is 3.31. The van der Waals surface area contributed by atoms with Gasteiger partial charge >= 0.3 is 0 Å². The lowest BCUT2D eigenvalue weighted by molar-refractivity contribution is -0.123. The zero-order valence-corrected chi connectivity index (χ0v) is 13.1. The average Bonchev–Trinajstić information content (AvgIpc) is 2.96. The van der Waals surface area contributed by atoms with Crippen molar-refractivity contribution in [1.29, 1.82) is 0 Å². The zero-order chi connectivity index (χ0) is 16.4. The molecule has 1 aliphatic carbocycles. The Morgan fingerprint density at radius 3 is 2.74 bits per heavy atom. The Hall–Kier alpha value is -1.72. The first-order valence-corrected chi connectivity index (χ1v) is 7.86. The van der Waals surface area contributed by atoms with Crippen LogP contribution < -0.4 is 10.6 Å². The molecule has 1 saturated heterocycles. The Balaban J connectivity index is 1.76. The molecule has 3 rings (SSSR count). The van der Waals surface area contributed by atoms with Gasteiger partial charge in [-0.15, -0.1) is 0 Å². The van der Waals surface area contributed by atoms with Crippen LogP contribution in [0.3, 0.4) is 0 Å². The molecule has 2 N–H and O–H groups in total. The summed E-state index contributed by atoms with van der Waals surface area (Å²) in [6.07, 6.45) is 3.78. The van der Waals surface area contributed by atoms with Gasteiger partial charge in [0, 0.05) is 18.5 Å². The number of amides is 1. The van der Waals surface area contributed by atoms with Crippen LogP contribution in [-0.2, 0) is 4.79 Å². The molecule has 2 aliphatic rings. The topological polar surface area (TPSA) is 41.1 Å². The molecule has 122 valence electrons. The average molecular weight is 339 g/mol. The van der Waals surface area contributed by atoms with Crippen LogP contribution in [0, 0.1) is 0 Å². The van der Waals surface area contributed by atoms with Gasteiger partial charge < -0.3 is 10.6 Å². The van der Waals surface area contributed by atoms with Gasteiger partial charge in [0.25, 0.3) is 0 Å². The highest BCUT2D eigenvalue weighted by atomic mass is 35.5. The summed E-state index contributed by atoms with van der Waals surface area (Å²) >= 11 is 6.12. The quantitative estimate of drug-likeness (QED) is 0.832. The van der Waals surface area contributed by atoms with E-state index in [-0.39, 0.29) is 18.5 Å². The van der Waals surface area contributed by atoms with E-state index in [1.165, 1.54) is 6.08 Å². The third-order valence-corrected chi connectivity index (χ3v) is 4.53. The normalized spacial score (nSPS) is 33.3. The van der Waals surface area contributed by atoms with Gasteiger partial charge in [-0.25, -0.2) is 8.78 Å². The molecule has 1 aliphatic heterocycles. The molecule has 6 heteroatoms. The molecule has 1 fully saturated rings. The van der Waals surface area contributed by atoms with Crippen molar-refractivity contribution in [3.05, 3.63) is 54.1 Å². The van der Waals surface area contributed by atoms with Crippen LogP contribution in [0.1, 0.15) is 12.0 Å². The van der Waals surface area contributed by atoms with Crippen molar-refractivity contribution in [3.63, 3.8) is 0 Å². The minimum atomic E-state index is -2.26. The highest BCUT2D eigenvalue weighted by Crippen LogP contribution is 2.40. The fourth-order valence-electron chi connectivity index (χ4n) is 2.85. The van der Waals surface area contributed by atoms with E-state index >= 15 is 4.39 Å². The molecule has 4 atom stereocenters. The number of hydrogen-bond acceptors (Lipinski definition) is 2. The summed E-state index contributed by atoms with van der Waals surface area (Å²) in [5.74, 6) is -0.447. The Morgan fingerprint density at radius 2 is 2.09 bits per heavy atom. The van der Waals surface area contributed by atoms with Crippen LogP contribution in [0.5, 0.6) is 0 Å². The van der Waals surface area contributed by atoms with E-state index in [9.17, 15) is 9.18 Å². The number of carbonyl (C=O) groups is 1. The summed E-state index contributed by atoms with van der Waals surface area (Å²) in [5, 5.41) is 3.08. The molecular formula is C17H17ClF2N2O. The number of hydrogen-bond donors (Lipinski definition) is 2. The lowest BCUT2D eigenvalue weighted by atomic mass is 9.91. The number of allylic oxidation sites excluding steroid dienone is 2. The predicted molar refractivity (Wildman–Crippen MR) is 86.5 cm³/mol. The van der Waals surface area contributed by atoms with Crippen molar-refractivity contribution >= 4 is 23.1 Å². The Labute approximate surface area is 138 Å². The molecule has 0 bridgehead atoms. The van der Waals surface area contributed by atoms with E-state index in [2.05, 4.69) is 10.6 Å². The first kappa shape index (κ1) is 16.1. The Bertz CT molecular complexity index is 645. The molecule has 3 nitrogen and oxygen atoms in total. The molecule has 2 unspecified atom stereocenters. The van der Waals surface area contributed by atoms with E-state index in [1.807, 2.05) is 6.07 Å². The van der Waals surface area contributed by atoms with E-state index in [1.54, 1.807) is 36.4 Å². The fourth-order valence-corrected chi connectivity index (χ4v) is 3.15. The minimum Gasteiger partial charge on any atom is -0.344 e. The molecule has 0 radical (unpaired) electrons. The molecule has 1 amide bonds. The maximum atomic E-state index is 15.1. The first-order valence-electron chi connectivity index (χ1n) is 7.48. The Morgan fingerprint density at radius 1 is 1.35 bits per heavy atom. The number of alkyl halides is 3. The van der Waals surface area contributed by atoms with Gasteiger partial charge in [0.15, 0.2) is 0 Å². The second-order valence-corrected chi connectivity index (χ2v) is 6.28. The summed E-state index contributed by atoms with van der Waals surface area (Å²) < 4.78 is 28.3. The van der Waals surface area contributed by atoms with Crippen LogP contribution in [0.15, 0.2) is 48.6 Å². The molecule has 0 spiro atoms. The second-order valence-electron chi connectivity index (χ2n) is 5.73. The molecular weight excluding hydrogens is 322 g/mol. The SMILES string of the molecule is O=C(NC1C=CC=C(c2ccccc2)C1(F)Cl)[C@@H]1C[C@@H](F)CN1. The summed E-state index contributed by atoms with van der Waals surface area (Å²) in [6.45, 7) is 0.134. The lowest BCUT2D eigenvalue weighted by Gasteiger charge is -2.32. The lowest BCUT2D eigenvalue weighted by Crippen LogP contribution is -2.52. The van der Waals surface area contributed by atoms with Crippen LogP contribution in [-0.4, -0.2) is 35.8 Å². The number of halogens is 3. The van der Waals surface area contributed by atoms with Gasteiger partial charge in [-0.1, -0.05) is 60.2 Å². The molecule has 1 heterocycles. The summed E-state index contributed by atoms with van der Waals surface area (Å²) in [4.78, 5) is 12.2. The van der Waals surface area contributed by atoms with E-state index in [4.69, 9.17) is 11.6 Å². The largest absolute Gasteiger partial charge is 0.344 e. The van der Waals surface area contributed by atoms with E-state index < -0.39 is 29.3 Å². The van der Waals surface area contributed by atoms with Gasteiger partial charge in [0.2, 0.25) is 11.0 Å². The molecule has 1 aromatic rings. The van der Waals surface area contributed by atoms with Gasteiger partial charge in [-0.2, -0.15) is 0 Å². The van der Waals surface area contributed by atoms with Crippen LogP contribution in [0.2, 0.25) is 0 Å². The van der Waals surface area contributed by atoms with Crippen molar-refractivity contribution in [2.45, 2.75) is 29.8 Å². The maximum absolute atomic E-state index is 15.1. The van der Waals surface area contributed by atoms with Gasteiger partial charge in [0.05, 0.1) is 6.04 Å². The number of nitrogens with one attached hydrogen (secondary N) is 2. The predicted octanol–water partition coefficient (Wildman–Crippen LogP) is 2.73. The Kier molecular flexibility index (Phi) is 4.50. The zero-order valence-electron chi connectivity index (χ0n) is 12.3. The smallest absolute Gasteiger partial charge is 0.237 e. The number of benzene rings is 1. The van der Waals surface area contributed by atoms with Gasteiger partial charge in [-0.05, 0) is 5.56 Å². The molecule has 0 saturated carbocycles. The molecule has 0 aromatic heterocycles. The number of carbonyl (C=O) groups excluding carboxylic acids is 1. The minimum absolute atomic E-state index is 0.0885. The monoisotopic (exact) mass is 338 g/mol. The highest BCUT2D eigenvalue weighted by molar-refractivity contribution is 6.30. The van der Waals surface area contributed by atoms with Crippen molar-refractivity contribution in [1.82, 2.24) is 10.6 Å². The summed E-state index contributed by atoms with van der Waals surface area (Å²) in [7, 11) is 0. The maximum Gasteiger partial charge on any atom is 0.237 e. The van der Waals surface area contributed by atoms with Crippen LogP contribution >= 0.6 is 11.6 Å². The van der Waals surface area contributed by atoms with Crippen LogP contribution in [0.4, 0.5) is 8.78 Å². The summed E-state index contributed by atoms with van der Waals surface area (Å²) in [5.41, 5.74) is 0.937. The van der Waals surface area contributed by atoms with Crippen molar-refractivity contribution in [2.24, 2.45) is 0 Å². The molecule has 1 aromatic carbocycles. The van der Waals surface area contributed by atoms with E-state index in [0.29, 0.717) is 5.56 Å². The van der Waals surface area contributed by atoms with Crippen LogP contribution in [0.25, 0.3) is 5.57 Å². The number of rotatable bonds is 3. The van der Waals surface area contributed by atoms with Gasteiger partial charge in [0.1, 0.15) is 12.2 Å².